The van der Waals surface area contributed by atoms with Crippen molar-refractivity contribution in [2.45, 2.75) is 187 Å². The van der Waals surface area contributed by atoms with E-state index in [1.54, 1.807) is 0 Å². The second kappa shape index (κ2) is 28.8. The molecule has 0 aliphatic carbocycles. The third kappa shape index (κ3) is 25.1. The summed E-state index contributed by atoms with van der Waals surface area (Å²) in [6, 6.07) is 5.76. The third-order valence-electron chi connectivity index (χ3n) is 8.11. The maximum Gasteiger partial charge on any atom is 0.128 e. The zero-order chi connectivity index (χ0) is 27.2. The summed E-state index contributed by atoms with van der Waals surface area (Å²) in [5.41, 5.74) is 5.71. The molecule has 3 nitrogen and oxygen atoms in total. The minimum absolute atomic E-state index is 0.588. The fraction of sp³-hybridized carbons (Fsp3) is 0.857. The van der Waals surface area contributed by atoms with Gasteiger partial charge in [0.2, 0.25) is 0 Å². The van der Waals surface area contributed by atoms with E-state index in [4.69, 9.17) is 5.73 Å². The largest absolute Gasteiger partial charge is 0.384 e. The van der Waals surface area contributed by atoms with E-state index in [0.29, 0.717) is 5.82 Å². The molecule has 3 heteroatoms. The van der Waals surface area contributed by atoms with Crippen molar-refractivity contribution in [3.63, 3.8) is 0 Å². The second-order valence-corrected chi connectivity index (χ2v) is 11.9. The van der Waals surface area contributed by atoms with E-state index in [1.165, 1.54) is 180 Å². The van der Waals surface area contributed by atoms with Gasteiger partial charge in [0.15, 0.2) is 0 Å². The zero-order valence-corrected chi connectivity index (χ0v) is 25.8. The lowest BCUT2D eigenvalue weighted by Crippen LogP contribution is -2.04. The van der Waals surface area contributed by atoms with Gasteiger partial charge >= 0.3 is 0 Å². The van der Waals surface area contributed by atoms with Crippen molar-refractivity contribution in [1.29, 1.82) is 0 Å². The van der Waals surface area contributed by atoms with Crippen LogP contribution in [0.2, 0.25) is 0 Å². The van der Waals surface area contributed by atoms with Crippen molar-refractivity contribution in [3.8, 4) is 0 Å². The molecule has 0 saturated heterocycles. The molecule has 0 unspecified atom stereocenters. The van der Waals surface area contributed by atoms with Crippen LogP contribution in [0.15, 0.2) is 18.2 Å². The Morgan fingerprint density at radius 1 is 0.474 bits per heavy atom. The Morgan fingerprint density at radius 3 is 1.11 bits per heavy atom. The molecule has 1 rings (SSSR count). The van der Waals surface area contributed by atoms with E-state index in [0.717, 1.165) is 12.4 Å². The van der Waals surface area contributed by atoms with E-state index in [2.05, 4.69) is 17.2 Å². The Balaban J connectivity index is 1.64. The zero-order valence-electron chi connectivity index (χ0n) is 25.8. The summed E-state index contributed by atoms with van der Waals surface area (Å²) in [4.78, 5) is 4.28. The van der Waals surface area contributed by atoms with Crippen LogP contribution < -0.4 is 11.1 Å². The molecule has 1 aromatic rings. The van der Waals surface area contributed by atoms with E-state index in [1.807, 2.05) is 18.2 Å². The van der Waals surface area contributed by atoms with Gasteiger partial charge in [0.25, 0.3) is 0 Å². The predicted molar refractivity (Wildman–Crippen MR) is 172 cm³/mol. The van der Waals surface area contributed by atoms with Gasteiger partial charge in [-0.05, 0) is 18.6 Å². The van der Waals surface area contributed by atoms with Gasteiger partial charge in [-0.25, -0.2) is 4.98 Å². The van der Waals surface area contributed by atoms with Crippen LogP contribution in [0.3, 0.4) is 0 Å². The molecule has 0 amide bonds. The number of hydrogen-bond acceptors (Lipinski definition) is 3. The van der Waals surface area contributed by atoms with Crippen molar-refractivity contribution < 1.29 is 0 Å². The first-order chi connectivity index (χ1) is 18.8. The standard InChI is InChI=1S/C35H67N3/c1-2-3-4-5-6-7-8-9-10-11-12-13-14-15-16-17-18-19-20-21-22-23-24-25-26-27-28-29-33-37-35-32-30-31-34(36)38-35/h30-32H,2-29,33H2,1H3,(H3,36,37,38). The molecule has 0 aliphatic heterocycles. The molecule has 0 aromatic carbocycles. The lowest BCUT2D eigenvalue weighted by molar-refractivity contribution is 0.514. The summed E-state index contributed by atoms with van der Waals surface area (Å²) in [5.74, 6) is 1.49. The number of nitrogens with zero attached hydrogens (tertiary/aromatic N) is 1. The molecule has 222 valence electrons. The number of aromatic nitrogens is 1. The SMILES string of the molecule is CCCCCCCCCCCCCCCCCCCCCCCCCCCCCCNc1cccc(N)n1. The van der Waals surface area contributed by atoms with Gasteiger partial charge in [0, 0.05) is 6.54 Å². The normalized spacial score (nSPS) is 11.3. The summed E-state index contributed by atoms with van der Waals surface area (Å²) >= 11 is 0. The molecule has 0 fully saturated rings. The number of nitrogen functional groups attached to an aromatic ring is 1. The van der Waals surface area contributed by atoms with Gasteiger partial charge in [-0.15, -0.1) is 0 Å². The van der Waals surface area contributed by atoms with Crippen molar-refractivity contribution in [1.82, 2.24) is 4.98 Å². The number of unbranched alkanes of at least 4 members (excludes halogenated alkanes) is 27. The highest BCUT2D eigenvalue weighted by Gasteiger charge is 1.97. The average Bonchev–Trinajstić information content (AvgIpc) is 2.92. The molecule has 1 aromatic heterocycles. The molecule has 0 saturated carbocycles. The highest BCUT2D eigenvalue weighted by Crippen LogP contribution is 2.16. The van der Waals surface area contributed by atoms with Crippen LogP contribution in [0.1, 0.15) is 187 Å². The van der Waals surface area contributed by atoms with Gasteiger partial charge in [-0.1, -0.05) is 186 Å². The predicted octanol–water partition coefficient (Wildman–Crippen LogP) is 12.0. The molecular weight excluding hydrogens is 462 g/mol. The van der Waals surface area contributed by atoms with Gasteiger partial charge in [-0.3, -0.25) is 0 Å². The fourth-order valence-electron chi connectivity index (χ4n) is 5.56. The Morgan fingerprint density at radius 2 is 0.789 bits per heavy atom. The van der Waals surface area contributed by atoms with Crippen LogP contribution in [0, 0.1) is 0 Å². The number of pyridine rings is 1. The Bertz CT molecular complexity index is 588. The van der Waals surface area contributed by atoms with Gasteiger partial charge in [-0.2, -0.15) is 0 Å². The molecule has 0 radical (unpaired) electrons. The van der Waals surface area contributed by atoms with Crippen molar-refractivity contribution in [2.24, 2.45) is 0 Å². The van der Waals surface area contributed by atoms with Crippen LogP contribution in [0.4, 0.5) is 11.6 Å². The Kier molecular flexibility index (Phi) is 26.3. The van der Waals surface area contributed by atoms with Gasteiger partial charge in [0.05, 0.1) is 0 Å². The smallest absolute Gasteiger partial charge is 0.128 e. The monoisotopic (exact) mass is 530 g/mol. The number of nitrogens with one attached hydrogen (secondary N) is 1. The van der Waals surface area contributed by atoms with Gasteiger partial charge in [0.1, 0.15) is 11.6 Å². The number of anilines is 2. The minimum atomic E-state index is 0.588. The van der Waals surface area contributed by atoms with Crippen molar-refractivity contribution >= 4 is 11.6 Å². The van der Waals surface area contributed by atoms with Crippen molar-refractivity contribution in [2.75, 3.05) is 17.6 Å². The highest BCUT2D eigenvalue weighted by atomic mass is 15.0. The topological polar surface area (TPSA) is 50.9 Å². The first-order valence-corrected chi connectivity index (χ1v) is 17.3. The number of nitrogens with two attached hydrogens (primary N) is 1. The first kappa shape index (κ1) is 34.8. The molecule has 0 aliphatic rings. The Labute approximate surface area is 238 Å². The van der Waals surface area contributed by atoms with Gasteiger partial charge < -0.3 is 11.1 Å². The minimum Gasteiger partial charge on any atom is -0.384 e. The maximum absolute atomic E-state index is 5.71. The summed E-state index contributed by atoms with van der Waals surface area (Å²) in [7, 11) is 0. The highest BCUT2D eigenvalue weighted by molar-refractivity contribution is 5.41. The van der Waals surface area contributed by atoms with E-state index in [-0.39, 0.29) is 0 Å². The summed E-state index contributed by atoms with van der Waals surface area (Å²) in [5, 5.41) is 3.36. The van der Waals surface area contributed by atoms with Crippen LogP contribution in [0.25, 0.3) is 0 Å². The fourth-order valence-corrected chi connectivity index (χ4v) is 5.56. The molecule has 3 N–H and O–H groups in total. The second-order valence-electron chi connectivity index (χ2n) is 11.9. The van der Waals surface area contributed by atoms with E-state index < -0.39 is 0 Å². The molecule has 0 atom stereocenters. The lowest BCUT2D eigenvalue weighted by atomic mass is 10.0. The van der Waals surface area contributed by atoms with E-state index in [9.17, 15) is 0 Å². The van der Waals surface area contributed by atoms with Crippen LogP contribution >= 0.6 is 0 Å². The first-order valence-electron chi connectivity index (χ1n) is 17.3. The molecular formula is C35H67N3. The molecule has 1 heterocycles. The summed E-state index contributed by atoms with van der Waals surface area (Å²) in [6.07, 6.45) is 40.4. The third-order valence-corrected chi connectivity index (χ3v) is 8.11. The molecule has 0 spiro atoms. The average molecular weight is 530 g/mol. The number of rotatable bonds is 30. The lowest BCUT2D eigenvalue weighted by Gasteiger charge is -2.06. The van der Waals surface area contributed by atoms with Crippen LogP contribution in [0.5, 0.6) is 0 Å². The molecule has 0 bridgehead atoms. The molecule has 38 heavy (non-hydrogen) atoms. The van der Waals surface area contributed by atoms with Crippen LogP contribution in [-0.4, -0.2) is 11.5 Å². The quantitative estimate of drug-likeness (QED) is 0.0974. The van der Waals surface area contributed by atoms with Crippen molar-refractivity contribution in [3.05, 3.63) is 18.2 Å². The van der Waals surface area contributed by atoms with E-state index >= 15 is 0 Å². The summed E-state index contributed by atoms with van der Waals surface area (Å²) in [6.45, 7) is 3.30. The van der Waals surface area contributed by atoms with Crippen LogP contribution in [-0.2, 0) is 0 Å². The Hall–Kier alpha value is -1.25. The summed E-state index contributed by atoms with van der Waals surface area (Å²) < 4.78 is 0. The number of hydrogen-bond donors (Lipinski definition) is 2. The maximum atomic E-state index is 5.71.